The van der Waals surface area contributed by atoms with Crippen LogP contribution >= 0.6 is 11.8 Å². The fourth-order valence-corrected chi connectivity index (χ4v) is 4.22. The predicted molar refractivity (Wildman–Crippen MR) is 59.3 cm³/mol. The summed E-state index contributed by atoms with van der Waals surface area (Å²) in [5.41, 5.74) is 0. The van der Waals surface area contributed by atoms with E-state index < -0.39 is 5.79 Å². The first-order valence-electron chi connectivity index (χ1n) is 5.80. The third-order valence-electron chi connectivity index (χ3n) is 3.41. The Morgan fingerprint density at radius 1 is 1.12 bits per heavy atom. The van der Waals surface area contributed by atoms with Crippen molar-refractivity contribution in [3.05, 3.63) is 0 Å². The molecule has 0 aromatic carbocycles. The molecule has 5 heteroatoms. The Morgan fingerprint density at radius 2 is 1.94 bits per heavy atom. The van der Waals surface area contributed by atoms with Gasteiger partial charge in [0, 0.05) is 31.4 Å². The molecule has 0 bridgehead atoms. The van der Waals surface area contributed by atoms with Crippen LogP contribution in [0.5, 0.6) is 0 Å². The van der Waals surface area contributed by atoms with Crippen LogP contribution in [0.3, 0.4) is 0 Å². The first-order chi connectivity index (χ1) is 7.72. The molecular weight excluding hydrogens is 228 g/mol. The van der Waals surface area contributed by atoms with Crippen LogP contribution in [0, 0.1) is 0 Å². The van der Waals surface area contributed by atoms with Gasteiger partial charge in [0.25, 0.3) is 0 Å². The molecule has 0 amide bonds. The normalized spacial score (nSPS) is 38.4. The Morgan fingerprint density at radius 3 is 2.69 bits per heavy atom. The van der Waals surface area contributed by atoms with Crippen LogP contribution in [0.15, 0.2) is 0 Å². The molecule has 0 radical (unpaired) electrons. The second-order valence-electron chi connectivity index (χ2n) is 4.61. The van der Waals surface area contributed by atoms with Gasteiger partial charge in [-0.15, -0.1) is 11.8 Å². The van der Waals surface area contributed by atoms with E-state index in [1.807, 2.05) is 0 Å². The minimum Gasteiger partial charge on any atom is -0.363 e. The van der Waals surface area contributed by atoms with E-state index in [9.17, 15) is 4.79 Å². The molecule has 1 atom stereocenters. The van der Waals surface area contributed by atoms with Crippen molar-refractivity contribution >= 4 is 17.5 Å². The van der Waals surface area contributed by atoms with Gasteiger partial charge in [-0.3, -0.25) is 4.79 Å². The third-order valence-corrected chi connectivity index (χ3v) is 4.75. The number of thioether (sulfide) groups is 1. The number of ether oxygens (including phenoxy) is 3. The first-order valence-corrected chi connectivity index (χ1v) is 6.78. The maximum atomic E-state index is 11.6. The van der Waals surface area contributed by atoms with E-state index in [0.717, 1.165) is 12.2 Å². The van der Waals surface area contributed by atoms with Crippen LogP contribution < -0.4 is 0 Å². The number of rotatable bonds is 0. The molecule has 0 N–H and O–H groups in total. The molecule has 3 saturated heterocycles. The minimum absolute atomic E-state index is 0.300. The summed E-state index contributed by atoms with van der Waals surface area (Å²) in [7, 11) is 0. The standard InChI is InChI=1S/C11H16O4S/c12-9-1-3-15-11(7-9)8-10(2-6-16-11)13-4-5-14-10/h1-8H2/t11-/m1/s1. The number of hydrogen-bond acceptors (Lipinski definition) is 5. The SMILES string of the molecule is O=C1CCO[C@@]2(C1)CC1(CCS2)OCCO1. The molecular formula is C11H16O4S. The van der Waals surface area contributed by atoms with E-state index >= 15 is 0 Å². The molecule has 0 saturated carbocycles. The Hall–Kier alpha value is -0.100. The summed E-state index contributed by atoms with van der Waals surface area (Å²) in [6.07, 6.45) is 2.65. The van der Waals surface area contributed by atoms with Gasteiger partial charge in [0.05, 0.1) is 19.8 Å². The zero-order valence-corrected chi connectivity index (χ0v) is 10.0. The molecule has 16 heavy (non-hydrogen) atoms. The number of carbonyl (C=O) groups is 1. The lowest BCUT2D eigenvalue weighted by atomic mass is 9.97. The molecule has 3 heterocycles. The highest BCUT2D eigenvalue weighted by atomic mass is 32.2. The highest BCUT2D eigenvalue weighted by Crippen LogP contribution is 2.49. The predicted octanol–water partition coefficient (Wildman–Crippen LogP) is 1.33. The average molecular weight is 244 g/mol. The smallest absolute Gasteiger partial charge is 0.172 e. The van der Waals surface area contributed by atoms with Crippen molar-refractivity contribution in [1.29, 1.82) is 0 Å². The molecule has 0 aliphatic carbocycles. The molecule has 3 aliphatic heterocycles. The van der Waals surface area contributed by atoms with Crippen LogP contribution in [0.2, 0.25) is 0 Å². The quantitative estimate of drug-likeness (QED) is 0.643. The summed E-state index contributed by atoms with van der Waals surface area (Å²) in [4.78, 5) is 11.2. The van der Waals surface area contributed by atoms with Crippen molar-refractivity contribution < 1.29 is 19.0 Å². The Bertz CT molecular complexity index is 296. The Labute approximate surface area is 99.0 Å². The second-order valence-corrected chi connectivity index (χ2v) is 6.05. The molecule has 3 rings (SSSR count). The lowest BCUT2D eigenvalue weighted by Gasteiger charge is -2.45. The number of ketones is 1. The van der Waals surface area contributed by atoms with Gasteiger partial charge >= 0.3 is 0 Å². The van der Waals surface area contributed by atoms with Crippen molar-refractivity contribution in [1.82, 2.24) is 0 Å². The highest BCUT2D eigenvalue weighted by Gasteiger charge is 2.51. The van der Waals surface area contributed by atoms with Gasteiger partial charge in [-0.1, -0.05) is 0 Å². The lowest BCUT2D eigenvalue weighted by Crippen LogP contribution is -2.49. The van der Waals surface area contributed by atoms with Crippen LogP contribution in [0.25, 0.3) is 0 Å². The van der Waals surface area contributed by atoms with E-state index in [-0.39, 0.29) is 4.93 Å². The highest BCUT2D eigenvalue weighted by molar-refractivity contribution is 8.00. The fraction of sp³-hybridized carbons (Fsp3) is 0.909. The molecule has 4 nitrogen and oxygen atoms in total. The van der Waals surface area contributed by atoms with Gasteiger partial charge in [0.15, 0.2) is 5.79 Å². The molecule has 2 spiro atoms. The van der Waals surface area contributed by atoms with Crippen molar-refractivity contribution in [2.75, 3.05) is 25.6 Å². The Kier molecular flexibility index (Phi) is 2.74. The number of hydrogen-bond donors (Lipinski definition) is 0. The first kappa shape index (κ1) is 11.0. The minimum atomic E-state index is -0.469. The van der Waals surface area contributed by atoms with E-state index in [1.54, 1.807) is 11.8 Å². The lowest BCUT2D eigenvalue weighted by molar-refractivity contribution is -0.197. The average Bonchev–Trinajstić information content (AvgIpc) is 2.65. The monoisotopic (exact) mass is 244 g/mol. The van der Waals surface area contributed by atoms with Gasteiger partial charge in [-0.05, 0) is 0 Å². The van der Waals surface area contributed by atoms with E-state index in [0.29, 0.717) is 44.9 Å². The summed E-state index contributed by atoms with van der Waals surface area (Å²) in [6.45, 7) is 1.87. The van der Waals surface area contributed by atoms with Crippen LogP contribution in [-0.4, -0.2) is 42.1 Å². The van der Waals surface area contributed by atoms with Crippen molar-refractivity contribution in [2.45, 2.75) is 36.4 Å². The maximum Gasteiger partial charge on any atom is 0.172 e. The zero-order valence-electron chi connectivity index (χ0n) is 9.20. The molecule has 0 aromatic rings. The second kappa shape index (κ2) is 3.98. The molecule has 90 valence electrons. The Balaban J connectivity index is 1.77. The summed E-state index contributed by atoms with van der Waals surface area (Å²) in [5.74, 6) is 0.768. The van der Waals surface area contributed by atoms with E-state index in [4.69, 9.17) is 14.2 Å². The third kappa shape index (κ3) is 1.90. The van der Waals surface area contributed by atoms with Crippen LogP contribution in [0.1, 0.15) is 25.7 Å². The van der Waals surface area contributed by atoms with Crippen molar-refractivity contribution in [3.8, 4) is 0 Å². The molecule has 3 fully saturated rings. The number of carbonyl (C=O) groups excluding carboxylic acids is 1. The number of Topliss-reactive ketones (excluding diaryl/α,β-unsaturated/α-hetero) is 1. The van der Waals surface area contributed by atoms with Gasteiger partial charge in [-0.2, -0.15) is 0 Å². The molecule has 0 aromatic heterocycles. The zero-order chi connectivity index (χ0) is 11.1. The van der Waals surface area contributed by atoms with Gasteiger partial charge in [0.2, 0.25) is 0 Å². The van der Waals surface area contributed by atoms with Crippen LogP contribution in [-0.2, 0) is 19.0 Å². The largest absolute Gasteiger partial charge is 0.363 e. The van der Waals surface area contributed by atoms with Crippen molar-refractivity contribution in [3.63, 3.8) is 0 Å². The summed E-state index contributed by atoms with van der Waals surface area (Å²) < 4.78 is 17.3. The van der Waals surface area contributed by atoms with Crippen molar-refractivity contribution in [2.24, 2.45) is 0 Å². The van der Waals surface area contributed by atoms with E-state index in [1.165, 1.54) is 0 Å². The fourth-order valence-electron chi connectivity index (χ4n) is 2.68. The molecule has 0 unspecified atom stereocenters. The topological polar surface area (TPSA) is 44.8 Å². The maximum absolute atomic E-state index is 11.6. The van der Waals surface area contributed by atoms with E-state index in [2.05, 4.69) is 0 Å². The van der Waals surface area contributed by atoms with Gasteiger partial charge < -0.3 is 14.2 Å². The van der Waals surface area contributed by atoms with Gasteiger partial charge in [-0.25, -0.2) is 0 Å². The summed E-state index contributed by atoms with van der Waals surface area (Å²) in [6, 6.07) is 0. The molecule has 3 aliphatic rings. The van der Waals surface area contributed by atoms with Gasteiger partial charge in [0.1, 0.15) is 10.7 Å². The summed E-state index contributed by atoms with van der Waals surface area (Å²) in [5, 5.41) is 0. The van der Waals surface area contributed by atoms with Crippen LogP contribution in [0.4, 0.5) is 0 Å². The summed E-state index contributed by atoms with van der Waals surface area (Å²) >= 11 is 1.75.